The third-order valence-electron chi connectivity index (χ3n) is 3.04. The summed E-state index contributed by atoms with van der Waals surface area (Å²) in [5, 5.41) is 0. The molecule has 1 rings (SSSR count). The molecular weight excluding hydrogens is 418 g/mol. The van der Waals surface area contributed by atoms with Crippen molar-refractivity contribution < 1.29 is 30.9 Å². The van der Waals surface area contributed by atoms with Crippen molar-refractivity contribution in [1.82, 2.24) is 0 Å². The van der Waals surface area contributed by atoms with Crippen molar-refractivity contribution in [1.29, 1.82) is 0 Å². The molecule has 0 aliphatic heterocycles. The summed E-state index contributed by atoms with van der Waals surface area (Å²) in [6, 6.07) is 5.03. The molecule has 0 heterocycles. The maximum atomic E-state index is 11.3. The van der Waals surface area contributed by atoms with Crippen molar-refractivity contribution in [3.05, 3.63) is 40.3 Å². The Balaban J connectivity index is 0.000000533. The number of benzene rings is 1. The zero-order valence-electron chi connectivity index (χ0n) is 15.2. The van der Waals surface area contributed by atoms with Crippen LogP contribution in [0, 0.1) is 6.92 Å². The summed E-state index contributed by atoms with van der Waals surface area (Å²) in [6.07, 6.45) is 1.06. The van der Waals surface area contributed by atoms with Gasteiger partial charge in [0, 0.05) is 6.04 Å². The molecule has 0 fully saturated rings. The molecule has 0 aliphatic carbocycles. The summed E-state index contributed by atoms with van der Waals surface area (Å²) in [7, 11) is -7.72. The van der Waals surface area contributed by atoms with Gasteiger partial charge in [0.25, 0.3) is 0 Å². The van der Waals surface area contributed by atoms with E-state index in [0.29, 0.717) is 0 Å². The Morgan fingerprint density at radius 2 is 1.74 bits per heavy atom. The standard InChI is InChI=1S/C9H16ClNO4S.C7H8O3S/c1-3-15-9(12)6-7(11)5-8(10)16(13,14)4-2;1-6-2-4-7(5-3-6)11(8,9)10/h5,7H,3-4,6,11H2,1-2H3;2-5H,1H3,(H,8,9,10)/p-1/b8-5+;/t7-;/m1./s1. The van der Waals surface area contributed by atoms with Crippen LogP contribution in [0.5, 0.6) is 0 Å². The molecule has 0 aromatic heterocycles. The molecule has 1 aromatic carbocycles. The number of aryl methyl sites for hydroxylation is 1. The Hall–Kier alpha value is -1.46. The molecule has 27 heavy (non-hydrogen) atoms. The number of ether oxygens (including phenoxy) is 1. The highest BCUT2D eigenvalue weighted by Crippen LogP contribution is 2.13. The number of rotatable bonds is 7. The van der Waals surface area contributed by atoms with E-state index in [1.807, 2.05) is 6.92 Å². The van der Waals surface area contributed by atoms with Crippen molar-refractivity contribution in [2.75, 3.05) is 12.4 Å². The number of sulfone groups is 1. The molecule has 0 spiro atoms. The van der Waals surface area contributed by atoms with Gasteiger partial charge in [-0.15, -0.1) is 0 Å². The number of nitrogens with two attached hydrogens (primary N) is 1. The van der Waals surface area contributed by atoms with E-state index in [4.69, 9.17) is 17.3 Å². The number of carbonyl (C=O) groups is 1. The summed E-state index contributed by atoms with van der Waals surface area (Å²) >= 11 is 5.57. The summed E-state index contributed by atoms with van der Waals surface area (Å²) in [6.45, 7) is 5.23. The Kier molecular flexibility index (Phi) is 10.8. The minimum absolute atomic E-state index is 0.0940. The molecule has 0 saturated heterocycles. The molecule has 154 valence electrons. The van der Waals surface area contributed by atoms with Crippen molar-refractivity contribution in [2.24, 2.45) is 5.73 Å². The predicted octanol–water partition coefficient (Wildman–Crippen LogP) is 1.68. The fraction of sp³-hybridized carbons (Fsp3) is 0.438. The summed E-state index contributed by atoms with van der Waals surface area (Å²) in [5.41, 5.74) is 6.46. The molecule has 2 N–H and O–H groups in total. The lowest BCUT2D eigenvalue weighted by Gasteiger charge is -2.07. The fourth-order valence-corrected chi connectivity index (χ4v) is 3.20. The summed E-state index contributed by atoms with van der Waals surface area (Å²) in [4.78, 5) is 10.9. The van der Waals surface area contributed by atoms with Gasteiger partial charge < -0.3 is 15.0 Å². The highest BCUT2D eigenvalue weighted by molar-refractivity contribution is 7.96. The summed E-state index contributed by atoms with van der Waals surface area (Å²) < 4.78 is 58.1. The molecule has 0 unspecified atom stereocenters. The predicted molar refractivity (Wildman–Crippen MR) is 102 cm³/mol. The lowest BCUT2D eigenvalue weighted by Crippen LogP contribution is -2.23. The zero-order valence-corrected chi connectivity index (χ0v) is 17.6. The second-order valence-corrected chi connectivity index (χ2v) is 9.57. The SMILES string of the molecule is CCOC(=O)C[C@H](N)/C=C(\Cl)S(=O)(=O)CC.Cc1ccc(S(=O)(=O)[O-])cc1. The molecule has 0 bridgehead atoms. The topological polar surface area (TPSA) is 144 Å². The van der Waals surface area contributed by atoms with E-state index in [1.165, 1.54) is 19.1 Å². The van der Waals surface area contributed by atoms with E-state index in [0.717, 1.165) is 11.6 Å². The van der Waals surface area contributed by atoms with Crippen LogP contribution in [-0.2, 0) is 29.5 Å². The number of halogens is 1. The first kappa shape index (κ1) is 25.5. The van der Waals surface area contributed by atoms with Crippen LogP contribution in [0.4, 0.5) is 0 Å². The molecule has 0 aliphatic rings. The van der Waals surface area contributed by atoms with Crippen LogP contribution >= 0.6 is 11.6 Å². The van der Waals surface area contributed by atoms with Crippen LogP contribution in [0.25, 0.3) is 0 Å². The minimum Gasteiger partial charge on any atom is -0.744 e. The lowest BCUT2D eigenvalue weighted by molar-refractivity contribution is -0.143. The minimum atomic E-state index is -4.27. The van der Waals surface area contributed by atoms with Crippen LogP contribution in [0.2, 0.25) is 0 Å². The van der Waals surface area contributed by atoms with Crippen LogP contribution in [0.3, 0.4) is 0 Å². The van der Waals surface area contributed by atoms with E-state index >= 15 is 0 Å². The molecule has 8 nitrogen and oxygen atoms in total. The number of carbonyl (C=O) groups excluding carboxylic acids is 1. The Morgan fingerprint density at radius 3 is 2.15 bits per heavy atom. The first-order chi connectivity index (χ1) is 12.3. The van der Waals surface area contributed by atoms with Crippen LogP contribution in [0.1, 0.15) is 25.8 Å². The maximum Gasteiger partial charge on any atom is 0.307 e. The van der Waals surface area contributed by atoms with Gasteiger partial charge in [-0.2, -0.15) is 0 Å². The molecule has 11 heteroatoms. The third kappa shape index (κ3) is 10.5. The molecule has 1 atom stereocenters. The number of esters is 1. The van der Waals surface area contributed by atoms with Crippen molar-refractivity contribution in [2.45, 2.75) is 38.1 Å². The van der Waals surface area contributed by atoms with Crippen LogP contribution in [0.15, 0.2) is 39.6 Å². The van der Waals surface area contributed by atoms with Gasteiger partial charge in [-0.1, -0.05) is 36.2 Å². The van der Waals surface area contributed by atoms with Crippen molar-refractivity contribution in [3.8, 4) is 0 Å². The molecule has 0 radical (unpaired) electrons. The fourth-order valence-electron chi connectivity index (χ4n) is 1.59. The number of hydrogen-bond donors (Lipinski definition) is 1. The smallest absolute Gasteiger partial charge is 0.307 e. The highest BCUT2D eigenvalue weighted by Gasteiger charge is 2.16. The van der Waals surface area contributed by atoms with E-state index in [1.54, 1.807) is 19.1 Å². The molecule has 0 saturated carbocycles. The van der Waals surface area contributed by atoms with Gasteiger partial charge in [0.05, 0.1) is 23.7 Å². The van der Waals surface area contributed by atoms with Gasteiger partial charge >= 0.3 is 5.97 Å². The van der Waals surface area contributed by atoms with Crippen LogP contribution < -0.4 is 5.73 Å². The normalized spacial score (nSPS) is 13.3. The quantitative estimate of drug-likeness (QED) is 0.498. The zero-order chi connectivity index (χ0) is 21.3. The Morgan fingerprint density at radius 1 is 1.22 bits per heavy atom. The molecule has 0 amide bonds. The van der Waals surface area contributed by atoms with Gasteiger partial charge in [0.1, 0.15) is 14.5 Å². The first-order valence-electron chi connectivity index (χ1n) is 7.87. The van der Waals surface area contributed by atoms with E-state index < -0.39 is 32.0 Å². The van der Waals surface area contributed by atoms with E-state index in [2.05, 4.69) is 4.74 Å². The monoisotopic (exact) mass is 440 g/mol. The van der Waals surface area contributed by atoms with Gasteiger partial charge in [0.2, 0.25) is 0 Å². The maximum absolute atomic E-state index is 11.3. The number of hydrogen-bond acceptors (Lipinski definition) is 8. The third-order valence-corrected chi connectivity index (χ3v) is 6.21. The van der Waals surface area contributed by atoms with Crippen LogP contribution in [-0.4, -0.2) is 45.8 Å². The van der Waals surface area contributed by atoms with Gasteiger partial charge in [-0.05, 0) is 32.1 Å². The van der Waals surface area contributed by atoms with E-state index in [9.17, 15) is 26.2 Å². The lowest BCUT2D eigenvalue weighted by atomic mass is 10.2. The van der Waals surface area contributed by atoms with Crippen molar-refractivity contribution in [3.63, 3.8) is 0 Å². The molecule has 1 aromatic rings. The first-order valence-corrected chi connectivity index (χ1v) is 11.3. The van der Waals surface area contributed by atoms with Gasteiger partial charge in [-0.3, -0.25) is 4.79 Å². The largest absolute Gasteiger partial charge is 0.744 e. The Labute approximate surface area is 165 Å². The van der Waals surface area contributed by atoms with Gasteiger partial charge in [-0.25, -0.2) is 16.8 Å². The average molecular weight is 441 g/mol. The highest BCUT2D eigenvalue weighted by atomic mass is 35.5. The molecular formula is C16H23ClNO7S2-. The summed E-state index contributed by atoms with van der Waals surface area (Å²) in [5.74, 6) is -0.585. The van der Waals surface area contributed by atoms with E-state index in [-0.39, 0.29) is 28.0 Å². The Bertz CT molecular complexity index is 847. The second-order valence-electron chi connectivity index (χ2n) is 5.31. The average Bonchev–Trinajstić information content (AvgIpc) is 2.54. The van der Waals surface area contributed by atoms with Crippen molar-refractivity contribution >= 4 is 37.5 Å². The van der Waals surface area contributed by atoms with Gasteiger partial charge in [0.15, 0.2) is 9.84 Å². The second kappa shape index (κ2) is 11.4.